The van der Waals surface area contributed by atoms with Crippen molar-refractivity contribution in [2.75, 3.05) is 0 Å². The van der Waals surface area contributed by atoms with Crippen molar-refractivity contribution in [1.29, 1.82) is 0 Å². The maximum atomic E-state index is 8.84. The Morgan fingerprint density at radius 3 is 2.45 bits per heavy atom. The van der Waals surface area contributed by atoms with Gasteiger partial charge in [-0.2, -0.15) is 0 Å². The molecular weight excluding hydrogens is 161 g/mol. The zero-order valence-electron chi connectivity index (χ0n) is 6.53. The van der Waals surface area contributed by atoms with Crippen molar-refractivity contribution >= 4 is 23.2 Å². The van der Waals surface area contributed by atoms with E-state index in [1.807, 2.05) is 6.92 Å². The maximum Gasteiger partial charge on any atom is 0.501 e. The Hall–Kier alpha value is -0.385. The highest BCUT2D eigenvalue weighted by atomic mass is 32.1. The largest absolute Gasteiger partial charge is 0.501 e. The molecule has 0 atom stereocenters. The molecule has 0 radical (unpaired) electrons. The Kier molecular flexibility index (Phi) is 2.65. The van der Waals surface area contributed by atoms with Crippen LogP contribution >= 0.6 is 11.3 Å². The number of aromatic nitrogens is 1. The summed E-state index contributed by atoms with van der Waals surface area (Å²) in [5.41, 5.74) is 0.724. The predicted octanol–water partition coefficient (Wildman–Crippen LogP) is -0.306. The summed E-state index contributed by atoms with van der Waals surface area (Å²) in [7, 11) is -1.37. The van der Waals surface area contributed by atoms with E-state index in [-0.39, 0.29) is 0 Å². The Balaban J connectivity index is 2.97. The van der Waals surface area contributed by atoms with Crippen molar-refractivity contribution < 1.29 is 10.0 Å². The zero-order chi connectivity index (χ0) is 8.43. The van der Waals surface area contributed by atoms with E-state index in [1.165, 1.54) is 11.3 Å². The van der Waals surface area contributed by atoms with Gasteiger partial charge in [0.05, 0.1) is 9.78 Å². The average Bonchev–Trinajstić information content (AvgIpc) is 2.30. The van der Waals surface area contributed by atoms with Crippen LogP contribution in [0.3, 0.4) is 0 Å². The molecule has 1 rings (SSSR count). The van der Waals surface area contributed by atoms with Crippen molar-refractivity contribution in [2.45, 2.75) is 20.3 Å². The summed E-state index contributed by atoms with van der Waals surface area (Å²) in [6.07, 6.45) is 0.845. The highest BCUT2D eigenvalue weighted by Crippen LogP contribution is 2.06. The summed E-state index contributed by atoms with van der Waals surface area (Å²) in [4.78, 5) is 4.15. The molecule has 0 spiro atoms. The van der Waals surface area contributed by atoms with E-state index in [1.54, 1.807) is 6.92 Å². The van der Waals surface area contributed by atoms with Crippen LogP contribution in [0, 0.1) is 6.92 Å². The molecule has 5 heteroatoms. The Morgan fingerprint density at radius 1 is 1.55 bits per heavy atom. The lowest BCUT2D eigenvalue weighted by Crippen LogP contribution is -2.28. The minimum atomic E-state index is -1.37. The van der Waals surface area contributed by atoms with Gasteiger partial charge < -0.3 is 10.0 Å². The van der Waals surface area contributed by atoms with Gasteiger partial charge in [-0.05, 0) is 13.3 Å². The lowest BCUT2D eigenvalue weighted by atomic mass is 9.88. The zero-order valence-corrected chi connectivity index (χ0v) is 7.35. The Labute approximate surface area is 69.9 Å². The summed E-state index contributed by atoms with van der Waals surface area (Å²) < 4.78 is 0.557. The van der Waals surface area contributed by atoms with Crippen LogP contribution in [0.5, 0.6) is 0 Å². The molecule has 0 unspecified atom stereocenters. The van der Waals surface area contributed by atoms with Gasteiger partial charge >= 0.3 is 7.12 Å². The molecule has 11 heavy (non-hydrogen) atoms. The van der Waals surface area contributed by atoms with Crippen molar-refractivity contribution in [1.82, 2.24) is 4.98 Å². The third-order valence-electron chi connectivity index (χ3n) is 1.41. The number of hydrogen-bond acceptors (Lipinski definition) is 4. The van der Waals surface area contributed by atoms with Gasteiger partial charge in [0.25, 0.3) is 0 Å². The number of hydrogen-bond donors (Lipinski definition) is 2. The van der Waals surface area contributed by atoms with Gasteiger partial charge in [-0.3, -0.25) is 0 Å². The van der Waals surface area contributed by atoms with Gasteiger partial charge in [0, 0.05) is 5.69 Å². The molecule has 0 aromatic carbocycles. The summed E-state index contributed by atoms with van der Waals surface area (Å²) in [5.74, 6) is 0. The Morgan fingerprint density at radius 2 is 2.18 bits per heavy atom. The fraction of sp³-hybridized carbons (Fsp3) is 0.500. The van der Waals surface area contributed by atoms with E-state index in [2.05, 4.69) is 4.98 Å². The SMILES string of the molecule is CCc1nc(C)c(B(O)O)s1. The molecule has 0 fully saturated rings. The standard InChI is InChI=1S/C6H10BNO2S/c1-3-5-8-4(2)6(11-5)7(9)10/h9-10H,3H2,1-2H3. The van der Waals surface area contributed by atoms with Crippen molar-refractivity contribution in [3.63, 3.8) is 0 Å². The molecule has 0 aliphatic carbocycles. The fourth-order valence-electron chi connectivity index (χ4n) is 0.857. The predicted molar refractivity (Wildman–Crippen MR) is 46.1 cm³/mol. The van der Waals surface area contributed by atoms with Gasteiger partial charge in [0.1, 0.15) is 0 Å². The van der Waals surface area contributed by atoms with E-state index in [4.69, 9.17) is 10.0 Å². The molecule has 1 aromatic rings. The molecule has 0 amide bonds. The van der Waals surface area contributed by atoms with Crippen LogP contribution in [-0.4, -0.2) is 22.2 Å². The number of thiazole rings is 1. The first-order valence-corrected chi connectivity index (χ1v) is 4.29. The van der Waals surface area contributed by atoms with E-state index in [0.29, 0.717) is 4.78 Å². The minimum Gasteiger partial charge on any atom is -0.423 e. The molecule has 3 nitrogen and oxygen atoms in total. The smallest absolute Gasteiger partial charge is 0.423 e. The lowest BCUT2D eigenvalue weighted by molar-refractivity contribution is 0.426. The monoisotopic (exact) mass is 171 g/mol. The second kappa shape index (κ2) is 3.34. The van der Waals surface area contributed by atoms with E-state index >= 15 is 0 Å². The quantitative estimate of drug-likeness (QED) is 0.600. The van der Waals surface area contributed by atoms with Crippen LogP contribution < -0.4 is 4.78 Å². The van der Waals surface area contributed by atoms with Crippen molar-refractivity contribution in [3.05, 3.63) is 10.7 Å². The molecule has 1 aromatic heterocycles. The van der Waals surface area contributed by atoms with Gasteiger partial charge in [0.2, 0.25) is 0 Å². The highest BCUT2D eigenvalue weighted by molar-refractivity contribution is 7.22. The number of nitrogens with zero attached hydrogens (tertiary/aromatic N) is 1. The summed E-state index contributed by atoms with van der Waals surface area (Å²) in [5, 5.41) is 18.6. The Bertz CT molecular complexity index is 249. The molecule has 1 heterocycles. The fourth-order valence-corrected chi connectivity index (χ4v) is 1.74. The molecule has 2 N–H and O–H groups in total. The topological polar surface area (TPSA) is 53.4 Å². The highest BCUT2D eigenvalue weighted by Gasteiger charge is 2.18. The molecule has 0 aliphatic rings. The van der Waals surface area contributed by atoms with Crippen LogP contribution in [0.15, 0.2) is 0 Å². The van der Waals surface area contributed by atoms with E-state index in [9.17, 15) is 0 Å². The number of aryl methyl sites for hydroxylation is 2. The van der Waals surface area contributed by atoms with Gasteiger partial charge in [0.15, 0.2) is 0 Å². The second-order valence-corrected chi connectivity index (χ2v) is 3.40. The second-order valence-electron chi connectivity index (χ2n) is 2.28. The summed E-state index contributed by atoms with van der Waals surface area (Å²) in [6, 6.07) is 0. The average molecular weight is 171 g/mol. The van der Waals surface area contributed by atoms with Crippen LogP contribution in [0.2, 0.25) is 0 Å². The first-order valence-electron chi connectivity index (χ1n) is 3.47. The summed E-state index contributed by atoms with van der Waals surface area (Å²) in [6.45, 7) is 3.77. The summed E-state index contributed by atoms with van der Waals surface area (Å²) >= 11 is 1.36. The van der Waals surface area contributed by atoms with Gasteiger partial charge in [-0.25, -0.2) is 4.98 Å². The molecular formula is C6H10BNO2S. The molecule has 0 saturated carbocycles. The van der Waals surface area contributed by atoms with Gasteiger partial charge in [-0.15, -0.1) is 11.3 Å². The number of rotatable bonds is 2. The van der Waals surface area contributed by atoms with Gasteiger partial charge in [-0.1, -0.05) is 6.92 Å². The van der Waals surface area contributed by atoms with Crippen molar-refractivity contribution in [3.8, 4) is 0 Å². The van der Waals surface area contributed by atoms with Crippen LogP contribution in [0.25, 0.3) is 0 Å². The van der Waals surface area contributed by atoms with Crippen molar-refractivity contribution in [2.24, 2.45) is 0 Å². The maximum absolute atomic E-state index is 8.84. The molecule has 60 valence electrons. The van der Waals surface area contributed by atoms with Crippen LogP contribution in [0.1, 0.15) is 17.6 Å². The minimum absolute atomic E-state index is 0.557. The molecule has 0 aliphatic heterocycles. The van der Waals surface area contributed by atoms with Crippen LogP contribution in [0.4, 0.5) is 0 Å². The molecule has 0 saturated heterocycles. The third kappa shape index (κ3) is 1.80. The van der Waals surface area contributed by atoms with Crippen LogP contribution in [-0.2, 0) is 6.42 Å². The van der Waals surface area contributed by atoms with E-state index < -0.39 is 7.12 Å². The first-order chi connectivity index (χ1) is 5.15. The lowest BCUT2D eigenvalue weighted by Gasteiger charge is -1.91. The third-order valence-corrected chi connectivity index (χ3v) is 2.76. The normalized spacial score (nSPS) is 10.2. The molecule has 0 bridgehead atoms. The van der Waals surface area contributed by atoms with E-state index in [0.717, 1.165) is 17.1 Å². The first kappa shape index (κ1) is 8.71.